The molecular weight excluding hydrogens is 516 g/mol. The summed E-state index contributed by atoms with van der Waals surface area (Å²) in [6, 6.07) is 8.36. The normalized spacial score (nSPS) is 17.6. The highest BCUT2D eigenvalue weighted by Crippen LogP contribution is 2.63. The number of sulfonamides is 1. The highest BCUT2D eigenvalue weighted by molar-refractivity contribution is 7.93. The van der Waals surface area contributed by atoms with E-state index in [2.05, 4.69) is 0 Å². The second-order valence-corrected chi connectivity index (χ2v) is 11.8. The number of nitrogens with one attached hydrogen (secondary N) is 1. The Morgan fingerprint density at radius 3 is 2.14 bits per heavy atom. The van der Waals surface area contributed by atoms with Crippen molar-refractivity contribution in [3.63, 3.8) is 0 Å². The lowest BCUT2D eigenvalue weighted by Crippen LogP contribution is -2.29. The van der Waals surface area contributed by atoms with E-state index in [1.807, 2.05) is 0 Å². The number of anilines is 1. The number of rotatable bonds is 10. The number of nitro groups is 1. The lowest BCUT2D eigenvalue weighted by atomic mass is 10.1. The maximum atomic E-state index is 13.2. The molecule has 0 spiro atoms. The van der Waals surface area contributed by atoms with Gasteiger partial charge in [0.05, 0.1) is 11.0 Å². The molecule has 0 aromatic heterocycles. The summed E-state index contributed by atoms with van der Waals surface area (Å²) in [5, 5.41) is 11.5. The minimum Gasteiger partial charge on any atom is -0.450 e. The van der Waals surface area contributed by atoms with Crippen LogP contribution in [0.15, 0.2) is 42.5 Å². The minimum absolute atomic E-state index is 0.00707. The molecule has 2 fully saturated rings. The molecule has 35 heavy (non-hydrogen) atoms. The fourth-order valence-corrected chi connectivity index (χ4v) is 6.03. The van der Waals surface area contributed by atoms with Crippen molar-refractivity contribution >= 4 is 29.1 Å². The molecule has 1 atom stereocenters. The first-order valence-electron chi connectivity index (χ1n) is 10.2. The van der Waals surface area contributed by atoms with Crippen LogP contribution in [0.1, 0.15) is 18.6 Å². The van der Waals surface area contributed by atoms with Gasteiger partial charge in [-0.3, -0.25) is 23.9 Å². The highest BCUT2D eigenvalue weighted by atomic mass is 32.2. The Bertz CT molecular complexity index is 1270. The average Bonchev–Trinajstić information content (AvgIpc) is 3.66. The smallest absolute Gasteiger partial charge is 0.450 e. The Balaban J connectivity index is 1.53. The van der Waals surface area contributed by atoms with Gasteiger partial charge in [-0.25, -0.2) is 9.34 Å². The molecule has 11 nitrogen and oxygen atoms in total. The van der Waals surface area contributed by atoms with E-state index in [1.54, 1.807) is 16.3 Å². The van der Waals surface area contributed by atoms with Crippen LogP contribution in [0.3, 0.4) is 0 Å². The lowest BCUT2D eigenvalue weighted by molar-refractivity contribution is -0.385. The van der Waals surface area contributed by atoms with E-state index in [9.17, 15) is 36.3 Å². The van der Waals surface area contributed by atoms with Gasteiger partial charge in [0.1, 0.15) is 5.75 Å². The molecule has 2 heterocycles. The molecule has 0 amide bonds. The highest BCUT2D eigenvalue weighted by Gasteiger charge is 2.50. The van der Waals surface area contributed by atoms with E-state index in [0.717, 1.165) is 24.3 Å². The number of hydrogen-bond acceptors (Lipinski definition) is 7. The molecular formula is C19H20F3N4O7PS. The van der Waals surface area contributed by atoms with Gasteiger partial charge in [0, 0.05) is 37.9 Å². The van der Waals surface area contributed by atoms with Crippen molar-refractivity contribution in [3.8, 4) is 11.5 Å². The van der Waals surface area contributed by atoms with Crippen molar-refractivity contribution in [1.29, 1.82) is 0 Å². The quantitative estimate of drug-likeness (QED) is 0.202. The fraction of sp³-hybridized carbons (Fsp3) is 0.368. The van der Waals surface area contributed by atoms with Crippen molar-refractivity contribution < 1.29 is 40.3 Å². The molecule has 4 rings (SSSR count). The van der Waals surface area contributed by atoms with Crippen molar-refractivity contribution in [2.45, 2.75) is 18.5 Å². The third kappa shape index (κ3) is 5.59. The predicted octanol–water partition coefficient (Wildman–Crippen LogP) is 4.47. The molecule has 0 aliphatic carbocycles. The molecule has 16 heteroatoms. The van der Waals surface area contributed by atoms with Crippen LogP contribution in [0.25, 0.3) is 0 Å². The van der Waals surface area contributed by atoms with Gasteiger partial charge in [-0.05, 0) is 48.9 Å². The molecule has 2 aromatic rings. The summed E-state index contributed by atoms with van der Waals surface area (Å²) in [6.07, 6.45) is -0.690. The Morgan fingerprint density at radius 1 is 1.09 bits per heavy atom. The van der Waals surface area contributed by atoms with Gasteiger partial charge in [-0.1, -0.05) is 0 Å². The fourth-order valence-electron chi connectivity index (χ4n) is 3.12. The lowest BCUT2D eigenvalue weighted by Gasteiger charge is -2.24. The third-order valence-electron chi connectivity index (χ3n) is 5.15. The van der Waals surface area contributed by atoms with Crippen LogP contribution in [0.4, 0.5) is 24.5 Å². The SMILES string of the molecule is CC(OP(=O)(N1CC1)N1CC1)c1ccc([N+](=O)[O-])c(Oc2ccc(NS(=O)(=O)C(F)(F)F)cc2)c1. The van der Waals surface area contributed by atoms with Gasteiger partial charge in [0.25, 0.3) is 0 Å². The first kappa shape index (κ1) is 25.4. The second-order valence-electron chi connectivity index (χ2n) is 7.81. The summed E-state index contributed by atoms with van der Waals surface area (Å²) in [5.74, 6) is -0.174. The van der Waals surface area contributed by atoms with E-state index >= 15 is 0 Å². The van der Waals surface area contributed by atoms with Gasteiger partial charge >= 0.3 is 28.9 Å². The van der Waals surface area contributed by atoms with Crippen LogP contribution >= 0.6 is 7.67 Å². The molecule has 0 saturated carbocycles. The maximum absolute atomic E-state index is 13.2. The number of halogens is 3. The third-order valence-corrected chi connectivity index (χ3v) is 9.08. The van der Waals surface area contributed by atoms with E-state index in [1.165, 1.54) is 22.9 Å². The first-order valence-corrected chi connectivity index (χ1v) is 13.3. The van der Waals surface area contributed by atoms with Gasteiger partial charge in [0.15, 0.2) is 0 Å². The molecule has 0 bridgehead atoms. The molecule has 1 N–H and O–H groups in total. The van der Waals surface area contributed by atoms with E-state index < -0.39 is 34.2 Å². The summed E-state index contributed by atoms with van der Waals surface area (Å²) >= 11 is 0. The average molecular weight is 536 g/mol. The van der Waals surface area contributed by atoms with Gasteiger partial charge in [-0.15, -0.1) is 0 Å². The van der Waals surface area contributed by atoms with Crippen molar-refractivity contribution in [2.75, 3.05) is 30.9 Å². The predicted molar refractivity (Wildman–Crippen MR) is 118 cm³/mol. The molecule has 0 radical (unpaired) electrons. The zero-order chi connectivity index (χ0) is 25.6. The van der Waals surface area contributed by atoms with E-state index in [-0.39, 0.29) is 22.9 Å². The molecule has 1 unspecified atom stereocenters. The summed E-state index contributed by atoms with van der Waals surface area (Å²) in [5.41, 5.74) is -5.79. The van der Waals surface area contributed by atoms with Gasteiger partial charge < -0.3 is 4.74 Å². The van der Waals surface area contributed by atoms with Crippen LogP contribution in [-0.2, 0) is 19.1 Å². The zero-order valence-electron chi connectivity index (χ0n) is 18.1. The van der Waals surface area contributed by atoms with Crippen LogP contribution < -0.4 is 9.46 Å². The number of alkyl halides is 3. The summed E-state index contributed by atoms with van der Waals surface area (Å²) in [7, 11) is -8.75. The van der Waals surface area contributed by atoms with Gasteiger partial charge in [0.2, 0.25) is 5.75 Å². The summed E-state index contributed by atoms with van der Waals surface area (Å²) < 4.78 is 89.6. The number of ether oxygens (including phenoxy) is 1. The number of benzene rings is 2. The standard InChI is InChI=1S/C19H20F3N4O7PS/c1-13(33-34(29,24-8-9-24)25-10-11-25)14-2-7-17(26(27)28)18(12-14)32-16-5-3-15(4-6-16)23-35(30,31)19(20,21)22/h2-7,12-13,23H,8-11H2,1H3. The van der Waals surface area contributed by atoms with Crippen LogP contribution in [0.5, 0.6) is 11.5 Å². The maximum Gasteiger partial charge on any atom is 0.516 e. The zero-order valence-corrected chi connectivity index (χ0v) is 19.8. The largest absolute Gasteiger partial charge is 0.516 e. The summed E-state index contributed by atoms with van der Waals surface area (Å²) in [4.78, 5) is 10.8. The Labute approximate surface area is 198 Å². The molecule has 190 valence electrons. The Morgan fingerprint density at radius 2 is 1.66 bits per heavy atom. The van der Waals surface area contributed by atoms with Crippen molar-refractivity contribution in [2.24, 2.45) is 0 Å². The topological polar surface area (TPSA) is 131 Å². The molecule has 2 aromatic carbocycles. The number of nitrogens with zero attached hydrogens (tertiary/aromatic N) is 3. The van der Waals surface area contributed by atoms with Crippen LogP contribution in [0.2, 0.25) is 0 Å². The second kappa shape index (κ2) is 9.06. The van der Waals surface area contributed by atoms with Crippen molar-refractivity contribution in [3.05, 3.63) is 58.1 Å². The monoisotopic (exact) mass is 536 g/mol. The number of hydrogen-bond donors (Lipinski definition) is 1. The Hall–Kier alpha value is -2.71. The van der Waals surface area contributed by atoms with Gasteiger partial charge in [-0.2, -0.15) is 21.6 Å². The molecule has 2 aliphatic rings. The minimum atomic E-state index is -5.60. The van der Waals surface area contributed by atoms with E-state index in [4.69, 9.17) is 9.26 Å². The molecule has 2 aliphatic heterocycles. The first-order chi connectivity index (χ1) is 16.3. The van der Waals surface area contributed by atoms with Crippen LogP contribution in [0, 0.1) is 10.1 Å². The van der Waals surface area contributed by atoms with Crippen molar-refractivity contribution in [1.82, 2.24) is 9.34 Å². The summed E-state index contributed by atoms with van der Waals surface area (Å²) in [6.45, 7) is 4.29. The Kier molecular flexibility index (Phi) is 6.57. The van der Waals surface area contributed by atoms with E-state index in [0.29, 0.717) is 31.7 Å². The molecule has 2 saturated heterocycles. The van der Waals surface area contributed by atoms with Crippen LogP contribution in [-0.4, -0.2) is 54.4 Å². The number of nitro benzene ring substituents is 1.